The van der Waals surface area contributed by atoms with Gasteiger partial charge >= 0.3 is 11.9 Å². The fourth-order valence-corrected chi connectivity index (χ4v) is 2.98. The fourth-order valence-electron chi connectivity index (χ4n) is 2.71. The van der Waals surface area contributed by atoms with Gasteiger partial charge in [-0.2, -0.15) is 0 Å². The van der Waals surface area contributed by atoms with E-state index in [2.05, 4.69) is 17.2 Å². The van der Waals surface area contributed by atoms with Gasteiger partial charge in [0.2, 0.25) is 5.76 Å². The van der Waals surface area contributed by atoms with Crippen molar-refractivity contribution in [2.75, 3.05) is 6.61 Å². The van der Waals surface area contributed by atoms with Gasteiger partial charge in [-0.05, 0) is 49.0 Å². The molecule has 28 heavy (non-hydrogen) atoms. The monoisotopic (exact) mass is 398 g/mol. The van der Waals surface area contributed by atoms with Crippen molar-refractivity contribution in [3.8, 4) is 5.75 Å². The third-order valence-electron chi connectivity index (χ3n) is 3.97. The van der Waals surface area contributed by atoms with Crippen LogP contribution in [0.15, 0.2) is 71.0 Å². The standard InChI is InChI=1S/C20H18N2O5S/c1-3-10-26-19(24)16-12(2)21-20(28)22-17(16)13-6-8-14(9-7-13)27-18(23)15-5-4-11-25-15/h3-9,11,17H,1,10H2,2H3,(H2,21,22,28)/t17-/m0/s1. The first kappa shape index (κ1) is 19.4. The SMILES string of the molecule is C=CCOC(=O)C1=C(C)NC(=S)N[C@H]1c1ccc(OC(=O)c2ccco2)cc1. The summed E-state index contributed by atoms with van der Waals surface area (Å²) < 4.78 is 15.5. The summed E-state index contributed by atoms with van der Waals surface area (Å²) in [6.07, 6.45) is 2.90. The van der Waals surface area contributed by atoms with Crippen molar-refractivity contribution in [2.45, 2.75) is 13.0 Å². The first-order chi connectivity index (χ1) is 13.5. The van der Waals surface area contributed by atoms with Crippen molar-refractivity contribution in [2.24, 2.45) is 0 Å². The molecule has 0 fully saturated rings. The van der Waals surface area contributed by atoms with Gasteiger partial charge in [0.25, 0.3) is 0 Å². The van der Waals surface area contributed by atoms with Crippen molar-refractivity contribution in [1.82, 2.24) is 10.6 Å². The van der Waals surface area contributed by atoms with E-state index in [0.717, 1.165) is 5.56 Å². The minimum absolute atomic E-state index is 0.106. The molecule has 0 spiro atoms. The van der Waals surface area contributed by atoms with E-state index in [1.54, 1.807) is 37.3 Å². The highest BCUT2D eigenvalue weighted by Crippen LogP contribution is 2.29. The lowest BCUT2D eigenvalue weighted by Crippen LogP contribution is -2.45. The highest BCUT2D eigenvalue weighted by atomic mass is 32.1. The number of rotatable bonds is 6. The number of hydrogen-bond acceptors (Lipinski definition) is 6. The van der Waals surface area contributed by atoms with Crippen LogP contribution in [-0.4, -0.2) is 23.7 Å². The summed E-state index contributed by atoms with van der Waals surface area (Å²) in [6.45, 7) is 5.40. The summed E-state index contributed by atoms with van der Waals surface area (Å²) in [7, 11) is 0. The molecule has 0 saturated carbocycles. The number of allylic oxidation sites excluding steroid dienone is 1. The van der Waals surface area contributed by atoms with Crippen molar-refractivity contribution >= 4 is 29.3 Å². The molecule has 1 aliphatic rings. The second-order valence-corrected chi connectivity index (χ2v) is 6.30. The van der Waals surface area contributed by atoms with E-state index in [9.17, 15) is 9.59 Å². The van der Waals surface area contributed by atoms with Crippen LogP contribution in [-0.2, 0) is 9.53 Å². The van der Waals surface area contributed by atoms with Crippen molar-refractivity contribution in [1.29, 1.82) is 0 Å². The van der Waals surface area contributed by atoms with Gasteiger partial charge < -0.3 is 24.5 Å². The van der Waals surface area contributed by atoms with E-state index >= 15 is 0 Å². The van der Waals surface area contributed by atoms with Gasteiger partial charge in [0.05, 0.1) is 17.9 Å². The number of esters is 2. The first-order valence-electron chi connectivity index (χ1n) is 8.41. The molecule has 0 bridgehead atoms. The zero-order chi connectivity index (χ0) is 20.1. The molecule has 7 nitrogen and oxygen atoms in total. The lowest BCUT2D eigenvalue weighted by molar-refractivity contribution is -0.138. The molecule has 8 heteroatoms. The third-order valence-corrected chi connectivity index (χ3v) is 4.19. The third kappa shape index (κ3) is 4.29. The molecule has 0 radical (unpaired) electrons. The first-order valence-corrected chi connectivity index (χ1v) is 8.82. The van der Waals surface area contributed by atoms with Crippen LogP contribution in [0.25, 0.3) is 0 Å². The van der Waals surface area contributed by atoms with Crippen LogP contribution in [0.4, 0.5) is 0 Å². The predicted octanol–water partition coefficient (Wildman–Crippen LogP) is 3.02. The molecule has 144 valence electrons. The van der Waals surface area contributed by atoms with E-state index in [1.807, 2.05) is 0 Å². The summed E-state index contributed by atoms with van der Waals surface area (Å²) in [6, 6.07) is 9.36. The Labute approximate surface area is 167 Å². The highest BCUT2D eigenvalue weighted by molar-refractivity contribution is 7.80. The second-order valence-electron chi connectivity index (χ2n) is 5.89. The Morgan fingerprint density at radius 3 is 2.64 bits per heavy atom. The van der Waals surface area contributed by atoms with Gasteiger partial charge in [-0.15, -0.1) is 0 Å². The molecule has 2 N–H and O–H groups in total. The van der Waals surface area contributed by atoms with Crippen LogP contribution < -0.4 is 15.4 Å². The van der Waals surface area contributed by atoms with Crippen LogP contribution in [0.5, 0.6) is 5.75 Å². The number of ether oxygens (including phenoxy) is 2. The Morgan fingerprint density at radius 1 is 1.25 bits per heavy atom. The molecule has 1 aromatic heterocycles. The molecule has 3 rings (SSSR count). The zero-order valence-electron chi connectivity index (χ0n) is 15.1. The highest BCUT2D eigenvalue weighted by Gasteiger charge is 2.30. The number of carbonyl (C=O) groups is 2. The maximum atomic E-state index is 12.5. The lowest BCUT2D eigenvalue weighted by Gasteiger charge is -2.29. The number of nitrogens with one attached hydrogen (secondary N) is 2. The summed E-state index contributed by atoms with van der Waals surface area (Å²) in [5, 5.41) is 6.40. The number of thiocarbonyl (C=S) groups is 1. The lowest BCUT2D eigenvalue weighted by atomic mass is 9.95. The van der Waals surface area contributed by atoms with Gasteiger partial charge in [0, 0.05) is 5.70 Å². The van der Waals surface area contributed by atoms with Gasteiger partial charge in [0.1, 0.15) is 12.4 Å². The Morgan fingerprint density at radius 2 is 2.00 bits per heavy atom. The Balaban J connectivity index is 1.81. The molecule has 0 saturated heterocycles. The van der Waals surface area contributed by atoms with E-state index < -0.39 is 18.0 Å². The molecular formula is C20H18N2O5S. The maximum absolute atomic E-state index is 12.5. The molecule has 1 aromatic carbocycles. The van der Waals surface area contributed by atoms with Gasteiger partial charge in [-0.25, -0.2) is 9.59 Å². The molecule has 1 aliphatic heterocycles. The van der Waals surface area contributed by atoms with Crippen LogP contribution >= 0.6 is 12.2 Å². The van der Waals surface area contributed by atoms with Gasteiger partial charge in [-0.3, -0.25) is 0 Å². The molecule has 2 heterocycles. The normalized spacial score (nSPS) is 16.0. The minimum Gasteiger partial charge on any atom is -0.458 e. The quantitative estimate of drug-likeness (QED) is 0.332. The van der Waals surface area contributed by atoms with Gasteiger partial charge in [-0.1, -0.05) is 24.8 Å². The average molecular weight is 398 g/mol. The molecule has 2 aromatic rings. The van der Waals surface area contributed by atoms with Crippen LogP contribution in [0, 0.1) is 0 Å². The van der Waals surface area contributed by atoms with Gasteiger partial charge in [0.15, 0.2) is 5.11 Å². The Kier molecular flexibility index (Phi) is 5.90. The van der Waals surface area contributed by atoms with E-state index in [-0.39, 0.29) is 12.4 Å². The molecule has 1 atom stereocenters. The molecule has 0 amide bonds. The van der Waals surface area contributed by atoms with Crippen LogP contribution in [0.3, 0.4) is 0 Å². The number of furan rings is 1. The average Bonchev–Trinajstić information content (AvgIpc) is 3.21. The maximum Gasteiger partial charge on any atom is 0.379 e. The second kappa shape index (κ2) is 8.53. The predicted molar refractivity (Wildman–Crippen MR) is 106 cm³/mol. The summed E-state index contributed by atoms with van der Waals surface area (Å²) in [5.41, 5.74) is 1.78. The Hall–Kier alpha value is -3.39. The molecular weight excluding hydrogens is 380 g/mol. The largest absolute Gasteiger partial charge is 0.458 e. The van der Waals surface area contributed by atoms with E-state index in [0.29, 0.717) is 22.1 Å². The fraction of sp³-hybridized carbons (Fsp3) is 0.150. The summed E-state index contributed by atoms with van der Waals surface area (Å²) >= 11 is 5.21. The van der Waals surface area contributed by atoms with Crippen molar-refractivity contribution in [3.63, 3.8) is 0 Å². The van der Waals surface area contributed by atoms with E-state index in [1.165, 1.54) is 18.4 Å². The summed E-state index contributed by atoms with van der Waals surface area (Å²) in [5.74, 6) is -0.611. The van der Waals surface area contributed by atoms with E-state index in [4.69, 9.17) is 26.1 Å². The topological polar surface area (TPSA) is 89.8 Å². The smallest absolute Gasteiger partial charge is 0.379 e. The number of benzene rings is 1. The number of hydrogen-bond donors (Lipinski definition) is 2. The molecule has 0 unspecified atom stereocenters. The zero-order valence-corrected chi connectivity index (χ0v) is 15.9. The van der Waals surface area contributed by atoms with Crippen LogP contribution in [0.2, 0.25) is 0 Å². The minimum atomic E-state index is -0.594. The molecule has 0 aliphatic carbocycles. The Bertz CT molecular complexity index is 932. The van der Waals surface area contributed by atoms with Crippen molar-refractivity contribution in [3.05, 3.63) is 77.9 Å². The number of carbonyl (C=O) groups excluding carboxylic acids is 2. The van der Waals surface area contributed by atoms with Crippen molar-refractivity contribution < 1.29 is 23.5 Å². The summed E-state index contributed by atoms with van der Waals surface area (Å²) in [4.78, 5) is 24.4. The van der Waals surface area contributed by atoms with Crippen LogP contribution in [0.1, 0.15) is 29.1 Å².